The molecule has 0 aromatic heterocycles. The smallest absolute Gasteiger partial charge is 0.240 e. The Morgan fingerprint density at radius 3 is 2.48 bits per heavy atom. The zero-order valence-corrected chi connectivity index (χ0v) is 16.9. The Kier molecular flexibility index (Phi) is 9.45. The van der Waals surface area contributed by atoms with Crippen molar-refractivity contribution in [1.29, 1.82) is 0 Å². The lowest BCUT2D eigenvalue weighted by Crippen LogP contribution is -2.29. The SMILES string of the molecule is Cc1ccc(CCCC(=O)Nc2cccc(S(=O)(=O)NCCN)c2)cc1.Cl. The number of hydrogen-bond donors (Lipinski definition) is 3. The summed E-state index contributed by atoms with van der Waals surface area (Å²) < 4.78 is 26.6. The zero-order chi connectivity index (χ0) is 19.0. The number of halogens is 1. The lowest BCUT2D eigenvalue weighted by Gasteiger charge is -2.09. The molecule has 148 valence electrons. The van der Waals surface area contributed by atoms with Crippen molar-refractivity contribution >= 4 is 34.0 Å². The van der Waals surface area contributed by atoms with Crippen LogP contribution in [0.2, 0.25) is 0 Å². The van der Waals surface area contributed by atoms with Crippen molar-refractivity contribution in [3.63, 3.8) is 0 Å². The zero-order valence-electron chi connectivity index (χ0n) is 15.3. The minimum absolute atomic E-state index is 0. The van der Waals surface area contributed by atoms with Gasteiger partial charge in [-0.25, -0.2) is 13.1 Å². The molecule has 0 saturated carbocycles. The third-order valence-electron chi connectivity index (χ3n) is 3.85. The van der Waals surface area contributed by atoms with Crippen molar-refractivity contribution < 1.29 is 13.2 Å². The number of nitrogens with one attached hydrogen (secondary N) is 2. The van der Waals surface area contributed by atoms with Gasteiger partial charge in [0.15, 0.2) is 0 Å². The van der Waals surface area contributed by atoms with E-state index in [1.54, 1.807) is 12.1 Å². The second kappa shape index (κ2) is 11.0. The number of carbonyl (C=O) groups is 1. The number of anilines is 1. The number of rotatable bonds is 9. The first-order valence-corrected chi connectivity index (χ1v) is 10.0. The fraction of sp³-hybridized carbons (Fsp3) is 0.316. The normalized spacial score (nSPS) is 10.9. The average molecular weight is 412 g/mol. The first-order chi connectivity index (χ1) is 12.4. The van der Waals surface area contributed by atoms with Gasteiger partial charge in [-0.3, -0.25) is 4.79 Å². The molecule has 0 aliphatic rings. The van der Waals surface area contributed by atoms with Crippen molar-refractivity contribution in [3.8, 4) is 0 Å². The molecule has 0 heterocycles. The van der Waals surface area contributed by atoms with Crippen molar-refractivity contribution in [2.75, 3.05) is 18.4 Å². The van der Waals surface area contributed by atoms with Crippen LogP contribution in [-0.2, 0) is 21.2 Å². The van der Waals surface area contributed by atoms with E-state index in [0.29, 0.717) is 12.1 Å². The van der Waals surface area contributed by atoms with Gasteiger partial charge in [-0.1, -0.05) is 35.9 Å². The quantitative estimate of drug-likeness (QED) is 0.590. The third kappa shape index (κ3) is 7.68. The molecule has 8 heteroatoms. The van der Waals surface area contributed by atoms with Crippen LogP contribution in [0.4, 0.5) is 5.69 Å². The van der Waals surface area contributed by atoms with E-state index in [9.17, 15) is 13.2 Å². The van der Waals surface area contributed by atoms with E-state index >= 15 is 0 Å². The molecule has 2 rings (SSSR count). The lowest BCUT2D eigenvalue weighted by molar-refractivity contribution is -0.116. The summed E-state index contributed by atoms with van der Waals surface area (Å²) in [4.78, 5) is 12.2. The average Bonchev–Trinajstić information content (AvgIpc) is 2.62. The highest BCUT2D eigenvalue weighted by atomic mass is 35.5. The molecule has 0 unspecified atom stereocenters. The molecule has 0 atom stereocenters. The number of aryl methyl sites for hydroxylation is 2. The fourth-order valence-corrected chi connectivity index (χ4v) is 3.54. The summed E-state index contributed by atoms with van der Waals surface area (Å²) in [6.45, 7) is 2.42. The minimum atomic E-state index is -3.62. The lowest BCUT2D eigenvalue weighted by atomic mass is 10.1. The molecule has 0 fully saturated rings. The van der Waals surface area contributed by atoms with Gasteiger partial charge in [-0.15, -0.1) is 12.4 Å². The molecule has 0 aliphatic carbocycles. The van der Waals surface area contributed by atoms with Gasteiger partial charge < -0.3 is 11.1 Å². The highest BCUT2D eigenvalue weighted by Gasteiger charge is 2.14. The second-order valence-corrected chi connectivity index (χ2v) is 7.87. The number of benzene rings is 2. The van der Waals surface area contributed by atoms with Crippen LogP contribution in [0.25, 0.3) is 0 Å². The molecule has 1 amide bonds. The highest BCUT2D eigenvalue weighted by molar-refractivity contribution is 7.89. The Morgan fingerprint density at radius 2 is 1.81 bits per heavy atom. The molecule has 2 aromatic carbocycles. The van der Waals surface area contributed by atoms with E-state index in [-0.39, 0.29) is 36.3 Å². The summed E-state index contributed by atoms with van der Waals surface area (Å²) in [5, 5.41) is 2.75. The second-order valence-electron chi connectivity index (χ2n) is 6.10. The molecule has 0 radical (unpaired) electrons. The highest BCUT2D eigenvalue weighted by Crippen LogP contribution is 2.16. The van der Waals surface area contributed by atoms with Gasteiger partial charge in [-0.2, -0.15) is 0 Å². The first-order valence-electron chi connectivity index (χ1n) is 8.56. The van der Waals surface area contributed by atoms with Crippen LogP contribution >= 0.6 is 12.4 Å². The minimum Gasteiger partial charge on any atom is -0.329 e. The van der Waals surface area contributed by atoms with E-state index in [0.717, 1.165) is 12.8 Å². The summed E-state index contributed by atoms with van der Waals surface area (Å²) in [6, 6.07) is 14.4. The van der Waals surface area contributed by atoms with E-state index in [2.05, 4.69) is 34.3 Å². The maximum Gasteiger partial charge on any atom is 0.240 e. The van der Waals surface area contributed by atoms with Crippen LogP contribution in [0.1, 0.15) is 24.0 Å². The number of hydrogen-bond acceptors (Lipinski definition) is 4. The molecule has 0 bridgehead atoms. The van der Waals surface area contributed by atoms with Crippen molar-refractivity contribution in [1.82, 2.24) is 4.72 Å². The topological polar surface area (TPSA) is 101 Å². The first kappa shape index (κ1) is 23.1. The summed E-state index contributed by atoms with van der Waals surface area (Å²) in [5.41, 5.74) is 8.19. The summed E-state index contributed by atoms with van der Waals surface area (Å²) in [5.74, 6) is -0.137. The van der Waals surface area contributed by atoms with Crippen LogP contribution in [0.3, 0.4) is 0 Å². The van der Waals surface area contributed by atoms with Gasteiger partial charge in [-0.05, 0) is 43.5 Å². The molecule has 27 heavy (non-hydrogen) atoms. The van der Waals surface area contributed by atoms with Crippen molar-refractivity contribution in [2.24, 2.45) is 5.73 Å². The van der Waals surface area contributed by atoms with Gasteiger partial charge in [0.25, 0.3) is 0 Å². The van der Waals surface area contributed by atoms with Crippen LogP contribution in [0.5, 0.6) is 0 Å². The van der Waals surface area contributed by atoms with Crippen LogP contribution in [-0.4, -0.2) is 27.4 Å². The largest absolute Gasteiger partial charge is 0.329 e. The predicted octanol–water partition coefficient (Wildman–Crippen LogP) is 2.62. The molecule has 0 aliphatic heterocycles. The van der Waals surface area contributed by atoms with E-state index < -0.39 is 10.0 Å². The summed E-state index contributed by atoms with van der Waals surface area (Å²) >= 11 is 0. The number of amides is 1. The number of carbonyl (C=O) groups excluding carboxylic acids is 1. The molecular weight excluding hydrogens is 386 g/mol. The Morgan fingerprint density at radius 1 is 1.11 bits per heavy atom. The summed E-state index contributed by atoms with van der Waals surface area (Å²) in [7, 11) is -3.62. The Balaban J connectivity index is 0.00000364. The number of sulfonamides is 1. The Labute approximate surface area is 167 Å². The van der Waals surface area contributed by atoms with Crippen molar-refractivity contribution in [2.45, 2.75) is 31.1 Å². The monoisotopic (exact) mass is 411 g/mol. The molecule has 4 N–H and O–H groups in total. The third-order valence-corrected chi connectivity index (χ3v) is 5.31. The summed E-state index contributed by atoms with van der Waals surface area (Å²) in [6.07, 6.45) is 1.92. The predicted molar refractivity (Wildman–Crippen MR) is 111 cm³/mol. The van der Waals surface area contributed by atoms with E-state index in [4.69, 9.17) is 5.73 Å². The fourth-order valence-electron chi connectivity index (χ4n) is 2.45. The van der Waals surface area contributed by atoms with Crippen LogP contribution in [0.15, 0.2) is 53.4 Å². The maximum absolute atomic E-state index is 12.1. The molecule has 0 saturated heterocycles. The van der Waals surface area contributed by atoms with E-state index in [1.807, 2.05) is 6.92 Å². The Hall–Kier alpha value is -1.93. The van der Waals surface area contributed by atoms with Crippen molar-refractivity contribution in [3.05, 3.63) is 59.7 Å². The van der Waals surface area contributed by atoms with Crippen LogP contribution < -0.4 is 15.8 Å². The molecule has 6 nitrogen and oxygen atoms in total. The standard InChI is InChI=1S/C19H25N3O3S.ClH/c1-15-8-10-16(11-9-15)4-2-7-19(23)22-17-5-3-6-18(14-17)26(24,25)21-13-12-20;/h3,5-6,8-11,14,21H,2,4,7,12-13,20H2,1H3,(H,22,23);1H. The van der Waals surface area contributed by atoms with Crippen LogP contribution in [0, 0.1) is 6.92 Å². The Bertz CT molecular complexity index is 840. The van der Waals surface area contributed by atoms with Gasteiger partial charge in [0.1, 0.15) is 0 Å². The molecular formula is C19H26ClN3O3S. The van der Waals surface area contributed by atoms with Gasteiger partial charge >= 0.3 is 0 Å². The van der Waals surface area contributed by atoms with E-state index in [1.165, 1.54) is 23.3 Å². The molecule has 2 aromatic rings. The van der Waals surface area contributed by atoms with Gasteiger partial charge in [0.2, 0.25) is 15.9 Å². The molecule has 0 spiro atoms. The van der Waals surface area contributed by atoms with Gasteiger partial charge in [0, 0.05) is 25.2 Å². The van der Waals surface area contributed by atoms with Gasteiger partial charge in [0.05, 0.1) is 4.90 Å². The maximum atomic E-state index is 12.1. The number of nitrogens with two attached hydrogens (primary N) is 1.